The molecule has 0 aliphatic heterocycles. The third-order valence-electron chi connectivity index (χ3n) is 4.03. The molecular weight excluding hydrogens is 354 g/mol. The minimum Gasteiger partial charge on any atom is -0.384 e. The molecule has 0 N–H and O–H groups in total. The maximum atomic E-state index is 12.7. The van der Waals surface area contributed by atoms with Gasteiger partial charge >= 0.3 is 0 Å². The summed E-state index contributed by atoms with van der Waals surface area (Å²) in [7, 11) is 1.60. The van der Waals surface area contributed by atoms with Gasteiger partial charge in [-0.15, -0.1) is 0 Å². The van der Waals surface area contributed by atoms with Crippen LogP contribution in [0.1, 0.15) is 11.3 Å². The smallest absolute Gasteiger partial charge is 0.228 e. The van der Waals surface area contributed by atoms with Crippen LogP contribution in [0.5, 0.6) is 0 Å². The lowest BCUT2D eigenvalue weighted by molar-refractivity contribution is 0.157. The zero-order chi connectivity index (χ0) is 19.0. The van der Waals surface area contributed by atoms with E-state index in [-0.39, 0.29) is 17.5 Å². The lowest BCUT2D eigenvalue weighted by Crippen LogP contribution is -2.25. The first kappa shape index (κ1) is 20.6. The van der Waals surface area contributed by atoms with Gasteiger partial charge in [0.15, 0.2) is 0 Å². The van der Waals surface area contributed by atoms with Crippen molar-refractivity contribution in [3.8, 4) is 0 Å². The predicted molar refractivity (Wildman–Crippen MR) is 99.9 cm³/mol. The summed E-state index contributed by atoms with van der Waals surface area (Å²) in [4.78, 5) is 6.31. The van der Waals surface area contributed by atoms with Gasteiger partial charge in [-0.05, 0) is 12.6 Å². The maximum Gasteiger partial charge on any atom is 0.228 e. The molecule has 2 aromatic rings. The molecule has 0 aliphatic carbocycles. The van der Waals surface area contributed by atoms with Crippen LogP contribution in [0, 0.1) is 0 Å². The molecule has 26 heavy (non-hydrogen) atoms. The number of ether oxygens (including phenoxy) is 2. The Bertz CT molecular complexity index is 775. The molecule has 2 rings (SSSR count). The molecule has 0 bridgehead atoms. The quantitative estimate of drug-likeness (QED) is 0.586. The fourth-order valence-electron chi connectivity index (χ4n) is 2.59. The van der Waals surface area contributed by atoms with Gasteiger partial charge in [0.2, 0.25) is 15.0 Å². The number of nitrogens with zero attached hydrogens (tertiary/aromatic N) is 3. The Hall–Kier alpha value is -1.74. The third-order valence-corrected chi connectivity index (χ3v) is 5.61. The fourth-order valence-corrected chi connectivity index (χ4v) is 3.89. The molecule has 0 amide bonds. The van der Waals surface area contributed by atoms with Crippen molar-refractivity contribution in [3.63, 3.8) is 0 Å². The van der Waals surface area contributed by atoms with Gasteiger partial charge in [0.05, 0.1) is 37.4 Å². The average molecular weight is 381 g/mol. The fraction of sp³-hybridized carbons (Fsp3) is 0.500. The van der Waals surface area contributed by atoms with E-state index in [1.807, 2.05) is 37.4 Å². The second kappa shape index (κ2) is 9.82. The van der Waals surface area contributed by atoms with Gasteiger partial charge in [0.25, 0.3) is 0 Å². The summed E-state index contributed by atoms with van der Waals surface area (Å²) >= 11 is 0. The van der Waals surface area contributed by atoms with E-state index in [2.05, 4.69) is 9.88 Å². The van der Waals surface area contributed by atoms with E-state index in [9.17, 15) is 8.42 Å². The predicted octanol–water partition coefficient (Wildman–Crippen LogP) is 1.43. The molecule has 1 aromatic heterocycles. The molecule has 144 valence electrons. The van der Waals surface area contributed by atoms with E-state index in [4.69, 9.17) is 9.47 Å². The van der Waals surface area contributed by atoms with Crippen molar-refractivity contribution in [2.75, 3.05) is 46.8 Å². The van der Waals surface area contributed by atoms with E-state index in [0.717, 1.165) is 17.8 Å². The number of aromatic nitrogens is 2. The molecule has 1 aromatic carbocycles. The highest BCUT2D eigenvalue weighted by molar-refractivity contribution is 7.91. The lowest BCUT2D eigenvalue weighted by atomic mass is 10.2. The summed E-state index contributed by atoms with van der Waals surface area (Å²) in [6, 6.07) is 9.77. The summed E-state index contributed by atoms with van der Waals surface area (Å²) in [6.45, 7) is 2.55. The molecule has 0 atom stereocenters. The van der Waals surface area contributed by atoms with Crippen LogP contribution < -0.4 is 0 Å². The largest absolute Gasteiger partial charge is 0.384 e. The van der Waals surface area contributed by atoms with Gasteiger partial charge in [-0.3, -0.25) is 4.90 Å². The highest BCUT2D eigenvalue weighted by Gasteiger charge is 2.23. The van der Waals surface area contributed by atoms with Crippen molar-refractivity contribution in [1.29, 1.82) is 0 Å². The number of hydrogen-bond acceptors (Lipinski definition) is 6. The van der Waals surface area contributed by atoms with Gasteiger partial charge in [0.1, 0.15) is 0 Å². The molecule has 1 heterocycles. The molecule has 7 nitrogen and oxygen atoms in total. The number of imidazole rings is 1. The maximum absolute atomic E-state index is 12.7. The summed E-state index contributed by atoms with van der Waals surface area (Å²) in [5, 5.41) is 0.0912. The van der Waals surface area contributed by atoms with Crippen LogP contribution >= 0.6 is 0 Å². The second-order valence-corrected chi connectivity index (χ2v) is 8.15. The van der Waals surface area contributed by atoms with Gasteiger partial charge in [0, 0.05) is 27.3 Å². The Morgan fingerprint density at radius 1 is 1.12 bits per heavy atom. The molecule has 0 aliphatic rings. The van der Waals surface area contributed by atoms with Crippen molar-refractivity contribution < 1.29 is 17.9 Å². The minimum absolute atomic E-state index is 0.0890. The molecule has 0 radical (unpaired) electrons. The van der Waals surface area contributed by atoms with E-state index in [1.54, 1.807) is 17.9 Å². The number of likely N-dealkylation sites (N-methyl/N-ethyl adjacent to an activating group) is 1. The van der Waals surface area contributed by atoms with Gasteiger partial charge in [-0.2, -0.15) is 0 Å². The molecule has 0 saturated heterocycles. The number of hydrogen-bond donors (Lipinski definition) is 0. The molecule has 0 spiro atoms. The van der Waals surface area contributed by atoms with Gasteiger partial charge < -0.3 is 14.0 Å². The van der Waals surface area contributed by atoms with Crippen LogP contribution in [0.4, 0.5) is 0 Å². The number of sulfone groups is 1. The zero-order valence-corrected chi connectivity index (χ0v) is 16.4. The van der Waals surface area contributed by atoms with Crippen molar-refractivity contribution in [2.45, 2.75) is 18.2 Å². The summed E-state index contributed by atoms with van der Waals surface area (Å²) < 4.78 is 37.2. The van der Waals surface area contributed by atoms with Crippen LogP contribution in [0.15, 0.2) is 41.7 Å². The Labute approximate surface area is 155 Å². The summed E-state index contributed by atoms with van der Waals surface area (Å²) in [5.74, 6) is -0.0890. The Morgan fingerprint density at radius 3 is 2.46 bits per heavy atom. The zero-order valence-electron chi connectivity index (χ0n) is 15.6. The molecule has 0 fully saturated rings. The van der Waals surface area contributed by atoms with E-state index in [1.165, 1.54) is 7.11 Å². The van der Waals surface area contributed by atoms with Crippen LogP contribution in [-0.2, 0) is 32.4 Å². The molecule has 0 saturated carbocycles. The first-order valence-electron chi connectivity index (χ1n) is 8.45. The van der Waals surface area contributed by atoms with Gasteiger partial charge in [-0.1, -0.05) is 30.3 Å². The Morgan fingerprint density at radius 2 is 1.81 bits per heavy atom. The molecular formula is C18H27N3O4S. The number of rotatable bonds is 11. The summed E-state index contributed by atoms with van der Waals surface area (Å²) in [5.41, 5.74) is 1.87. The monoisotopic (exact) mass is 381 g/mol. The first-order valence-corrected chi connectivity index (χ1v) is 10.1. The standard InChI is InChI=1S/C18H27N3O4S/c1-20(9-10-24-2)15-17-13-19-18(26(22,23)12-11-25-3)21(17)14-16-7-5-4-6-8-16/h4-8,13H,9-12,14-15H2,1-3H3. The molecule has 8 heteroatoms. The van der Waals surface area contributed by atoms with E-state index >= 15 is 0 Å². The number of methoxy groups -OCH3 is 2. The Kier molecular flexibility index (Phi) is 7.77. The van der Waals surface area contributed by atoms with Crippen LogP contribution in [0.2, 0.25) is 0 Å². The van der Waals surface area contributed by atoms with E-state index < -0.39 is 9.84 Å². The second-order valence-electron chi connectivity index (χ2n) is 6.15. The lowest BCUT2D eigenvalue weighted by Gasteiger charge is -2.18. The first-order chi connectivity index (χ1) is 12.5. The van der Waals surface area contributed by atoms with Crippen LogP contribution in [-0.4, -0.2) is 69.6 Å². The van der Waals surface area contributed by atoms with Crippen molar-refractivity contribution in [3.05, 3.63) is 47.8 Å². The average Bonchev–Trinajstić information content (AvgIpc) is 3.02. The SMILES string of the molecule is COCCN(C)Cc1cnc(S(=O)(=O)CCOC)n1Cc1ccccc1. The normalized spacial score (nSPS) is 12.0. The topological polar surface area (TPSA) is 73.7 Å². The van der Waals surface area contributed by atoms with Crippen LogP contribution in [0.3, 0.4) is 0 Å². The van der Waals surface area contributed by atoms with Crippen molar-refractivity contribution in [1.82, 2.24) is 14.5 Å². The molecule has 0 unspecified atom stereocenters. The highest BCUT2D eigenvalue weighted by atomic mass is 32.2. The Balaban J connectivity index is 2.32. The van der Waals surface area contributed by atoms with Crippen molar-refractivity contribution >= 4 is 9.84 Å². The third kappa shape index (κ3) is 5.63. The summed E-state index contributed by atoms with van der Waals surface area (Å²) in [6.07, 6.45) is 1.64. The van der Waals surface area contributed by atoms with Crippen molar-refractivity contribution in [2.24, 2.45) is 0 Å². The minimum atomic E-state index is -3.52. The van der Waals surface area contributed by atoms with Crippen LogP contribution in [0.25, 0.3) is 0 Å². The number of benzene rings is 1. The highest BCUT2D eigenvalue weighted by Crippen LogP contribution is 2.17. The van der Waals surface area contributed by atoms with Gasteiger partial charge in [-0.25, -0.2) is 13.4 Å². The van der Waals surface area contributed by atoms with E-state index in [0.29, 0.717) is 19.7 Å².